The molecule has 21 heavy (non-hydrogen) atoms. The summed E-state index contributed by atoms with van der Waals surface area (Å²) in [5.74, 6) is 6.23. The highest BCUT2D eigenvalue weighted by Gasteiger charge is 1.95. The molecule has 2 rings (SSSR count). The lowest BCUT2D eigenvalue weighted by Gasteiger charge is -2.07. The molecule has 0 fully saturated rings. The Bertz CT molecular complexity index is 579. The molecule has 0 aliphatic carbocycles. The number of hydrogen-bond acceptors (Lipinski definition) is 3. The number of rotatable bonds is 6. The molecule has 0 radical (unpaired) electrons. The third-order valence-electron chi connectivity index (χ3n) is 2.77. The molecule has 3 nitrogen and oxygen atoms in total. The van der Waals surface area contributed by atoms with Crippen LogP contribution >= 0.6 is 0 Å². The Morgan fingerprint density at radius 1 is 0.905 bits per heavy atom. The van der Waals surface area contributed by atoms with Crippen molar-refractivity contribution in [3.8, 4) is 17.6 Å². The van der Waals surface area contributed by atoms with Crippen LogP contribution in [-0.2, 0) is 11.3 Å². The van der Waals surface area contributed by atoms with Crippen LogP contribution in [0.5, 0.6) is 5.75 Å². The van der Waals surface area contributed by atoms with Gasteiger partial charge in [-0.15, -0.1) is 0 Å². The largest absolute Gasteiger partial charge is 0.491 e. The quantitative estimate of drug-likeness (QED) is 0.654. The molecule has 2 aromatic rings. The van der Waals surface area contributed by atoms with Crippen molar-refractivity contribution in [3.05, 3.63) is 65.7 Å². The lowest BCUT2D eigenvalue weighted by molar-refractivity contribution is 0.0889. The molecular weight excluding hydrogens is 264 g/mol. The zero-order valence-electron chi connectivity index (χ0n) is 11.8. The monoisotopic (exact) mass is 282 g/mol. The average molecular weight is 282 g/mol. The molecule has 0 bridgehead atoms. The van der Waals surface area contributed by atoms with Gasteiger partial charge in [0, 0.05) is 5.56 Å². The van der Waals surface area contributed by atoms with E-state index in [0.717, 1.165) is 16.9 Å². The van der Waals surface area contributed by atoms with Gasteiger partial charge in [-0.2, -0.15) is 0 Å². The van der Waals surface area contributed by atoms with Crippen molar-refractivity contribution in [2.45, 2.75) is 6.61 Å². The first-order valence-electron chi connectivity index (χ1n) is 6.83. The first-order chi connectivity index (χ1) is 10.4. The number of benzene rings is 2. The van der Waals surface area contributed by atoms with Gasteiger partial charge in [0.05, 0.1) is 13.2 Å². The van der Waals surface area contributed by atoms with Gasteiger partial charge in [0.1, 0.15) is 19.0 Å². The fourth-order valence-corrected chi connectivity index (χ4v) is 1.76. The van der Waals surface area contributed by atoms with Crippen LogP contribution in [-0.4, -0.2) is 24.9 Å². The molecule has 108 valence electrons. The summed E-state index contributed by atoms with van der Waals surface area (Å²) in [6, 6.07) is 17.5. The van der Waals surface area contributed by atoms with E-state index in [9.17, 15) is 0 Å². The fourth-order valence-electron chi connectivity index (χ4n) is 1.76. The molecule has 0 heterocycles. The van der Waals surface area contributed by atoms with Crippen molar-refractivity contribution in [1.29, 1.82) is 0 Å². The van der Waals surface area contributed by atoms with Crippen LogP contribution in [0.3, 0.4) is 0 Å². The number of hydrogen-bond donors (Lipinski definition) is 1. The van der Waals surface area contributed by atoms with Crippen LogP contribution in [0.2, 0.25) is 0 Å². The summed E-state index contributed by atoms with van der Waals surface area (Å²) in [7, 11) is 0. The van der Waals surface area contributed by atoms with Gasteiger partial charge < -0.3 is 14.6 Å². The van der Waals surface area contributed by atoms with Crippen LogP contribution in [0.1, 0.15) is 11.1 Å². The Balaban J connectivity index is 1.66. The van der Waals surface area contributed by atoms with Gasteiger partial charge in [0.25, 0.3) is 0 Å². The smallest absolute Gasteiger partial charge is 0.119 e. The molecule has 0 unspecified atom stereocenters. The van der Waals surface area contributed by atoms with Crippen LogP contribution in [0, 0.1) is 11.8 Å². The van der Waals surface area contributed by atoms with Crippen LogP contribution in [0.15, 0.2) is 54.6 Å². The maximum Gasteiger partial charge on any atom is 0.119 e. The standard InChI is InChI=1S/C18H18O3/c19-12-4-7-16-8-10-18(11-9-16)21-14-13-20-15-17-5-2-1-3-6-17/h1-3,5-6,8-11,19H,12-15H2. The minimum Gasteiger partial charge on any atom is -0.491 e. The minimum atomic E-state index is -0.128. The Hall–Kier alpha value is -2.28. The second-order valence-corrected chi connectivity index (χ2v) is 4.37. The molecule has 0 saturated heterocycles. The Morgan fingerprint density at radius 2 is 1.67 bits per heavy atom. The highest BCUT2D eigenvalue weighted by molar-refractivity contribution is 5.38. The Kier molecular flexibility index (Phi) is 6.34. The van der Waals surface area contributed by atoms with E-state index >= 15 is 0 Å². The third kappa shape index (κ3) is 5.70. The second kappa shape index (κ2) is 8.80. The highest BCUT2D eigenvalue weighted by atomic mass is 16.5. The van der Waals surface area contributed by atoms with Crippen LogP contribution in [0.4, 0.5) is 0 Å². The van der Waals surface area contributed by atoms with Crippen LogP contribution < -0.4 is 4.74 Å². The van der Waals surface area contributed by atoms with Gasteiger partial charge in [-0.1, -0.05) is 42.2 Å². The summed E-state index contributed by atoms with van der Waals surface area (Å²) in [5, 5.41) is 8.62. The molecule has 0 atom stereocenters. The highest BCUT2D eigenvalue weighted by Crippen LogP contribution is 2.11. The van der Waals surface area contributed by atoms with E-state index in [1.807, 2.05) is 54.6 Å². The molecule has 3 heteroatoms. The minimum absolute atomic E-state index is 0.128. The molecule has 0 spiro atoms. The van der Waals surface area contributed by atoms with E-state index in [2.05, 4.69) is 11.8 Å². The van der Waals surface area contributed by atoms with Crippen LogP contribution in [0.25, 0.3) is 0 Å². The van der Waals surface area contributed by atoms with Crippen molar-refractivity contribution >= 4 is 0 Å². The topological polar surface area (TPSA) is 38.7 Å². The molecule has 2 aromatic carbocycles. The zero-order chi connectivity index (χ0) is 14.8. The first kappa shape index (κ1) is 15.1. The predicted octanol–water partition coefficient (Wildman–Crippen LogP) is 2.63. The maximum absolute atomic E-state index is 8.62. The van der Waals surface area contributed by atoms with Gasteiger partial charge >= 0.3 is 0 Å². The molecular formula is C18H18O3. The Morgan fingerprint density at radius 3 is 2.38 bits per heavy atom. The van der Waals surface area contributed by atoms with Gasteiger partial charge in [-0.3, -0.25) is 0 Å². The second-order valence-electron chi connectivity index (χ2n) is 4.37. The molecule has 1 N–H and O–H groups in total. The molecule has 0 saturated carbocycles. The maximum atomic E-state index is 8.62. The summed E-state index contributed by atoms with van der Waals surface area (Å²) in [6.45, 7) is 1.52. The molecule has 0 aliphatic heterocycles. The lowest BCUT2D eigenvalue weighted by atomic mass is 10.2. The average Bonchev–Trinajstić information content (AvgIpc) is 2.55. The normalized spacial score (nSPS) is 9.76. The van der Waals surface area contributed by atoms with Crippen molar-refractivity contribution in [3.63, 3.8) is 0 Å². The van der Waals surface area contributed by atoms with E-state index in [0.29, 0.717) is 19.8 Å². The van der Waals surface area contributed by atoms with E-state index < -0.39 is 0 Å². The Labute approximate surface area is 125 Å². The first-order valence-corrected chi connectivity index (χ1v) is 6.83. The molecule has 0 amide bonds. The summed E-state index contributed by atoms with van der Waals surface area (Å²) in [5.41, 5.74) is 2.01. The number of ether oxygens (including phenoxy) is 2. The zero-order valence-corrected chi connectivity index (χ0v) is 11.8. The van der Waals surface area contributed by atoms with Crippen molar-refractivity contribution in [2.75, 3.05) is 19.8 Å². The van der Waals surface area contributed by atoms with E-state index in [-0.39, 0.29) is 6.61 Å². The van der Waals surface area contributed by atoms with E-state index in [1.54, 1.807) is 0 Å². The summed E-state index contributed by atoms with van der Waals surface area (Å²) in [4.78, 5) is 0. The SMILES string of the molecule is OCC#Cc1ccc(OCCOCc2ccccc2)cc1. The lowest BCUT2D eigenvalue weighted by Crippen LogP contribution is -2.06. The van der Waals surface area contributed by atoms with Gasteiger partial charge in [-0.25, -0.2) is 0 Å². The fraction of sp³-hybridized carbons (Fsp3) is 0.222. The van der Waals surface area contributed by atoms with Crippen molar-refractivity contribution < 1.29 is 14.6 Å². The summed E-state index contributed by atoms with van der Waals surface area (Å²) >= 11 is 0. The summed E-state index contributed by atoms with van der Waals surface area (Å²) in [6.07, 6.45) is 0. The van der Waals surface area contributed by atoms with E-state index in [4.69, 9.17) is 14.6 Å². The van der Waals surface area contributed by atoms with Crippen molar-refractivity contribution in [2.24, 2.45) is 0 Å². The van der Waals surface area contributed by atoms with Gasteiger partial charge in [0.2, 0.25) is 0 Å². The number of aliphatic hydroxyl groups is 1. The number of aliphatic hydroxyl groups excluding tert-OH is 1. The summed E-state index contributed by atoms with van der Waals surface area (Å²) < 4.78 is 11.1. The predicted molar refractivity (Wildman–Crippen MR) is 82.0 cm³/mol. The van der Waals surface area contributed by atoms with Crippen molar-refractivity contribution in [1.82, 2.24) is 0 Å². The van der Waals surface area contributed by atoms with E-state index in [1.165, 1.54) is 0 Å². The molecule has 0 aliphatic rings. The van der Waals surface area contributed by atoms with Gasteiger partial charge in [-0.05, 0) is 29.8 Å². The molecule has 0 aromatic heterocycles. The van der Waals surface area contributed by atoms with Gasteiger partial charge in [0.15, 0.2) is 0 Å². The third-order valence-corrected chi connectivity index (χ3v) is 2.77.